The van der Waals surface area contributed by atoms with Crippen molar-refractivity contribution in [2.45, 2.75) is 38.6 Å². The van der Waals surface area contributed by atoms with Crippen molar-refractivity contribution in [3.63, 3.8) is 0 Å². The molecule has 5 heteroatoms. The minimum atomic E-state index is -0.0269. The molecule has 2 N–H and O–H groups in total. The van der Waals surface area contributed by atoms with Gasteiger partial charge in [-0.05, 0) is 25.8 Å². The third-order valence-electron chi connectivity index (χ3n) is 3.44. The summed E-state index contributed by atoms with van der Waals surface area (Å²) in [6, 6.07) is 1.97. The normalized spacial score (nSPS) is 15.8. The Hall–Kier alpha value is -1.36. The molecule has 18 heavy (non-hydrogen) atoms. The minimum absolute atomic E-state index is 0.0269. The molecule has 0 saturated heterocycles. The van der Waals surface area contributed by atoms with Crippen LogP contribution >= 0.6 is 12.2 Å². The number of thiocarbonyl (C=S) groups is 1. The Morgan fingerprint density at radius 2 is 2.22 bits per heavy atom. The highest BCUT2D eigenvalue weighted by molar-refractivity contribution is 7.80. The van der Waals surface area contributed by atoms with Crippen LogP contribution in [0.5, 0.6) is 0 Å². The van der Waals surface area contributed by atoms with E-state index in [9.17, 15) is 4.79 Å². The number of carbonyl (C=O) groups excluding carboxylic acids is 1. The van der Waals surface area contributed by atoms with Gasteiger partial charge in [0.05, 0.1) is 23.4 Å². The molecule has 0 aliphatic heterocycles. The van der Waals surface area contributed by atoms with Crippen LogP contribution in [0.1, 0.15) is 41.8 Å². The van der Waals surface area contributed by atoms with E-state index in [1.165, 1.54) is 6.26 Å². The largest absolute Gasteiger partial charge is 0.469 e. The van der Waals surface area contributed by atoms with E-state index in [0.29, 0.717) is 22.9 Å². The average Bonchev–Trinajstić information content (AvgIpc) is 2.95. The van der Waals surface area contributed by atoms with Crippen LogP contribution in [0, 0.1) is 6.92 Å². The maximum Gasteiger partial charge on any atom is 0.258 e. The summed E-state index contributed by atoms with van der Waals surface area (Å²) in [7, 11) is 0. The molecule has 0 atom stereocenters. The fourth-order valence-electron chi connectivity index (χ4n) is 2.51. The summed E-state index contributed by atoms with van der Waals surface area (Å²) in [5.74, 6) is 0.617. The van der Waals surface area contributed by atoms with Crippen LogP contribution in [-0.4, -0.2) is 28.4 Å². The van der Waals surface area contributed by atoms with E-state index in [0.717, 1.165) is 25.7 Å². The fourth-order valence-corrected chi connectivity index (χ4v) is 2.65. The first-order chi connectivity index (χ1) is 8.59. The Morgan fingerprint density at radius 1 is 1.56 bits per heavy atom. The molecule has 0 aromatic carbocycles. The summed E-state index contributed by atoms with van der Waals surface area (Å²) >= 11 is 4.95. The van der Waals surface area contributed by atoms with Gasteiger partial charge >= 0.3 is 0 Å². The zero-order chi connectivity index (χ0) is 13.1. The molecule has 1 aliphatic rings. The van der Waals surface area contributed by atoms with Crippen molar-refractivity contribution >= 4 is 23.1 Å². The van der Waals surface area contributed by atoms with Gasteiger partial charge in [0.25, 0.3) is 5.91 Å². The highest BCUT2D eigenvalue weighted by atomic mass is 32.1. The molecule has 1 aromatic heterocycles. The summed E-state index contributed by atoms with van der Waals surface area (Å²) in [6.45, 7) is 2.14. The van der Waals surface area contributed by atoms with Gasteiger partial charge in [0.15, 0.2) is 0 Å². The number of carbonyl (C=O) groups is 1. The highest BCUT2D eigenvalue weighted by Gasteiger charge is 2.29. The molecule has 0 unspecified atom stereocenters. The second kappa shape index (κ2) is 5.52. The highest BCUT2D eigenvalue weighted by Crippen LogP contribution is 2.25. The van der Waals surface area contributed by atoms with Gasteiger partial charge in [-0.15, -0.1) is 0 Å². The van der Waals surface area contributed by atoms with Gasteiger partial charge in [-0.1, -0.05) is 25.1 Å². The molecule has 98 valence electrons. The first kappa shape index (κ1) is 13.1. The number of aryl methyl sites for hydroxylation is 1. The number of nitrogens with zero attached hydrogens (tertiary/aromatic N) is 1. The van der Waals surface area contributed by atoms with E-state index in [2.05, 4.69) is 0 Å². The summed E-state index contributed by atoms with van der Waals surface area (Å²) in [6.07, 6.45) is 5.93. The molecule has 1 amide bonds. The zero-order valence-corrected chi connectivity index (χ0v) is 11.3. The third-order valence-corrected chi connectivity index (χ3v) is 3.57. The number of amides is 1. The summed E-state index contributed by atoms with van der Waals surface area (Å²) in [5.41, 5.74) is 6.21. The second-order valence-corrected chi connectivity index (χ2v) is 5.25. The van der Waals surface area contributed by atoms with E-state index in [4.69, 9.17) is 22.4 Å². The Morgan fingerprint density at radius 3 is 2.72 bits per heavy atom. The predicted octanol–water partition coefficient (Wildman–Crippen LogP) is 2.26. The lowest BCUT2D eigenvalue weighted by Gasteiger charge is -2.28. The molecule has 4 nitrogen and oxygen atoms in total. The molecule has 2 rings (SSSR count). The zero-order valence-electron chi connectivity index (χ0n) is 10.5. The van der Waals surface area contributed by atoms with Crippen molar-refractivity contribution in [3.8, 4) is 0 Å². The van der Waals surface area contributed by atoms with Gasteiger partial charge < -0.3 is 15.1 Å². The van der Waals surface area contributed by atoms with Crippen molar-refractivity contribution in [2.75, 3.05) is 6.54 Å². The van der Waals surface area contributed by atoms with Crippen molar-refractivity contribution < 1.29 is 9.21 Å². The molecule has 1 aromatic rings. The molecule has 1 heterocycles. The third kappa shape index (κ3) is 2.72. The van der Waals surface area contributed by atoms with Gasteiger partial charge in [0.1, 0.15) is 5.76 Å². The summed E-state index contributed by atoms with van der Waals surface area (Å²) < 4.78 is 5.19. The second-order valence-electron chi connectivity index (χ2n) is 4.73. The number of nitrogens with two attached hydrogens (primary N) is 1. The van der Waals surface area contributed by atoms with Crippen LogP contribution in [0.25, 0.3) is 0 Å². The Labute approximate surface area is 112 Å². The number of furan rings is 1. The van der Waals surface area contributed by atoms with Crippen LogP contribution in [0.3, 0.4) is 0 Å². The van der Waals surface area contributed by atoms with Gasteiger partial charge in [0.2, 0.25) is 0 Å². The lowest BCUT2D eigenvalue weighted by atomic mass is 10.1. The van der Waals surface area contributed by atoms with Crippen LogP contribution in [0.2, 0.25) is 0 Å². The summed E-state index contributed by atoms with van der Waals surface area (Å²) in [5, 5.41) is 0. The van der Waals surface area contributed by atoms with E-state index in [1.807, 2.05) is 0 Å². The predicted molar refractivity (Wildman–Crippen MR) is 73.5 cm³/mol. The Bertz CT molecular complexity index is 450. The van der Waals surface area contributed by atoms with E-state index in [-0.39, 0.29) is 11.9 Å². The minimum Gasteiger partial charge on any atom is -0.469 e. The smallest absolute Gasteiger partial charge is 0.258 e. The van der Waals surface area contributed by atoms with E-state index in [1.54, 1.807) is 17.9 Å². The molecular weight excluding hydrogens is 248 g/mol. The molecule has 1 fully saturated rings. The first-order valence-electron chi connectivity index (χ1n) is 6.23. The summed E-state index contributed by atoms with van der Waals surface area (Å²) in [4.78, 5) is 14.7. The SMILES string of the molecule is Cc1occc1C(=O)N(CC(N)=S)C1CCCC1. The maximum atomic E-state index is 12.5. The number of hydrogen-bond acceptors (Lipinski definition) is 3. The molecule has 0 bridgehead atoms. The van der Waals surface area contributed by atoms with Crippen molar-refractivity contribution in [1.29, 1.82) is 0 Å². The lowest BCUT2D eigenvalue weighted by molar-refractivity contribution is 0.0713. The standard InChI is InChI=1S/C13H18N2O2S/c1-9-11(6-7-17-9)13(16)15(8-12(14)18)10-4-2-3-5-10/h6-7,10H,2-5,8H2,1H3,(H2,14,18). The quantitative estimate of drug-likeness (QED) is 0.849. The first-order valence-corrected chi connectivity index (χ1v) is 6.64. The number of rotatable bonds is 4. The van der Waals surface area contributed by atoms with Gasteiger partial charge in [-0.3, -0.25) is 4.79 Å². The topological polar surface area (TPSA) is 59.5 Å². The molecule has 0 spiro atoms. The molecule has 1 aliphatic carbocycles. The van der Waals surface area contributed by atoms with Gasteiger partial charge in [-0.2, -0.15) is 0 Å². The maximum absolute atomic E-state index is 12.5. The lowest BCUT2D eigenvalue weighted by Crippen LogP contribution is -2.43. The van der Waals surface area contributed by atoms with Crippen molar-refractivity contribution in [1.82, 2.24) is 4.90 Å². The number of hydrogen-bond donors (Lipinski definition) is 1. The van der Waals surface area contributed by atoms with Crippen LogP contribution in [0.4, 0.5) is 0 Å². The Kier molecular flexibility index (Phi) is 4.01. The van der Waals surface area contributed by atoms with Gasteiger partial charge in [0, 0.05) is 6.04 Å². The average molecular weight is 266 g/mol. The van der Waals surface area contributed by atoms with Crippen LogP contribution in [-0.2, 0) is 0 Å². The molecule has 0 radical (unpaired) electrons. The van der Waals surface area contributed by atoms with Crippen LogP contribution < -0.4 is 5.73 Å². The van der Waals surface area contributed by atoms with Crippen molar-refractivity contribution in [2.24, 2.45) is 5.73 Å². The molecule has 1 saturated carbocycles. The van der Waals surface area contributed by atoms with Crippen molar-refractivity contribution in [3.05, 3.63) is 23.7 Å². The van der Waals surface area contributed by atoms with E-state index < -0.39 is 0 Å². The van der Waals surface area contributed by atoms with Gasteiger partial charge in [-0.25, -0.2) is 0 Å². The van der Waals surface area contributed by atoms with Crippen LogP contribution in [0.15, 0.2) is 16.7 Å². The fraction of sp³-hybridized carbons (Fsp3) is 0.538. The van der Waals surface area contributed by atoms with E-state index >= 15 is 0 Å². The Balaban J connectivity index is 2.20. The monoisotopic (exact) mass is 266 g/mol. The molecular formula is C13H18N2O2S.